The molecule has 106 valence electrons. The Balaban J connectivity index is 2.12. The molecular weight excluding hydrogens is 276 g/mol. The second kappa shape index (κ2) is 4.94. The Bertz CT molecular complexity index is 750. The van der Waals surface area contributed by atoms with Crippen LogP contribution in [0, 0.1) is 6.92 Å². The minimum absolute atomic E-state index is 0.558. The highest BCUT2D eigenvalue weighted by Gasteiger charge is 2.17. The quantitative estimate of drug-likeness (QED) is 0.687. The second-order valence-corrected chi connectivity index (χ2v) is 5.33. The van der Waals surface area contributed by atoms with E-state index in [0.29, 0.717) is 5.88 Å². The second-order valence-electron chi connectivity index (χ2n) is 4.96. The third-order valence-electron chi connectivity index (χ3n) is 3.39. The molecule has 3 aromatic heterocycles. The van der Waals surface area contributed by atoms with Crippen LogP contribution in [0.4, 0.5) is 0 Å². The summed E-state index contributed by atoms with van der Waals surface area (Å²) >= 11 is 5.90. The van der Waals surface area contributed by atoms with Crippen molar-refractivity contribution < 1.29 is 0 Å². The Morgan fingerprint density at radius 2 is 2.10 bits per heavy atom. The Kier molecular flexibility index (Phi) is 3.25. The average Bonchev–Trinajstić information content (AvgIpc) is 3.02. The summed E-state index contributed by atoms with van der Waals surface area (Å²) in [5.74, 6) is 1.55. The number of halogens is 1. The molecular formula is C13H17ClN6. The van der Waals surface area contributed by atoms with Gasteiger partial charge < -0.3 is 4.57 Å². The zero-order valence-corrected chi connectivity index (χ0v) is 12.6. The highest BCUT2D eigenvalue weighted by molar-refractivity contribution is 6.17. The molecule has 0 saturated carbocycles. The molecule has 0 saturated heterocycles. The minimum atomic E-state index is 0.558. The lowest BCUT2D eigenvalue weighted by Crippen LogP contribution is -2.08. The van der Waals surface area contributed by atoms with Gasteiger partial charge in [0.15, 0.2) is 5.65 Å². The fourth-order valence-electron chi connectivity index (χ4n) is 2.56. The molecule has 3 rings (SSSR count). The number of hydrogen-bond donors (Lipinski definition) is 0. The van der Waals surface area contributed by atoms with Crippen molar-refractivity contribution in [3.05, 3.63) is 29.5 Å². The first-order valence-corrected chi connectivity index (χ1v) is 7.05. The third kappa shape index (κ3) is 2.10. The van der Waals surface area contributed by atoms with Gasteiger partial charge in [-0.2, -0.15) is 10.2 Å². The number of rotatable bonds is 4. The predicted molar refractivity (Wildman–Crippen MR) is 78.0 cm³/mol. The zero-order chi connectivity index (χ0) is 14.3. The molecule has 0 aliphatic carbocycles. The number of fused-ring (bicyclic) bond motifs is 1. The van der Waals surface area contributed by atoms with Gasteiger partial charge >= 0.3 is 0 Å². The van der Waals surface area contributed by atoms with Crippen molar-refractivity contribution in [3.63, 3.8) is 0 Å². The van der Waals surface area contributed by atoms with E-state index in [1.807, 2.05) is 38.1 Å². The summed E-state index contributed by atoms with van der Waals surface area (Å²) in [6.45, 7) is 2.71. The maximum absolute atomic E-state index is 5.90. The molecule has 3 aromatic rings. The molecule has 0 N–H and O–H groups in total. The van der Waals surface area contributed by atoms with E-state index in [1.54, 1.807) is 4.68 Å². The molecule has 0 amide bonds. The summed E-state index contributed by atoms with van der Waals surface area (Å²) in [6.07, 6.45) is 4.63. The standard InChI is InChI=1S/C13H17ClN6/c1-9-12-13(19(3)17-9)20(11(16-12)4-5-14)8-10-6-15-18(2)7-10/h6-7H,4-5,8H2,1-3H3. The smallest absolute Gasteiger partial charge is 0.158 e. The van der Waals surface area contributed by atoms with Crippen molar-refractivity contribution in [2.75, 3.05) is 5.88 Å². The molecule has 0 aliphatic heterocycles. The molecule has 0 radical (unpaired) electrons. The maximum Gasteiger partial charge on any atom is 0.158 e. The van der Waals surface area contributed by atoms with E-state index in [4.69, 9.17) is 16.6 Å². The Morgan fingerprint density at radius 3 is 2.75 bits per heavy atom. The van der Waals surface area contributed by atoms with Gasteiger partial charge in [-0.1, -0.05) is 0 Å². The first-order chi connectivity index (χ1) is 9.60. The molecule has 6 nitrogen and oxygen atoms in total. The van der Waals surface area contributed by atoms with Crippen LogP contribution in [0.3, 0.4) is 0 Å². The molecule has 0 atom stereocenters. The van der Waals surface area contributed by atoms with E-state index in [9.17, 15) is 0 Å². The fraction of sp³-hybridized carbons (Fsp3) is 0.462. The third-order valence-corrected chi connectivity index (χ3v) is 3.58. The Morgan fingerprint density at radius 1 is 1.30 bits per heavy atom. The van der Waals surface area contributed by atoms with Crippen LogP contribution in [0.15, 0.2) is 12.4 Å². The van der Waals surface area contributed by atoms with Gasteiger partial charge in [-0.25, -0.2) is 4.98 Å². The number of aryl methyl sites for hydroxylation is 4. The van der Waals surface area contributed by atoms with Gasteiger partial charge in [0.2, 0.25) is 0 Å². The molecule has 0 fully saturated rings. The first kappa shape index (κ1) is 13.2. The van der Waals surface area contributed by atoms with Crippen molar-refractivity contribution in [1.82, 2.24) is 29.1 Å². The Hall–Kier alpha value is -1.82. The maximum atomic E-state index is 5.90. The normalized spacial score (nSPS) is 11.6. The Labute approximate surface area is 122 Å². The lowest BCUT2D eigenvalue weighted by Gasteiger charge is -2.07. The summed E-state index contributed by atoms with van der Waals surface area (Å²) in [7, 11) is 3.86. The molecule has 20 heavy (non-hydrogen) atoms. The van der Waals surface area contributed by atoms with Crippen LogP contribution in [0.1, 0.15) is 17.1 Å². The van der Waals surface area contributed by atoms with Gasteiger partial charge in [0.25, 0.3) is 0 Å². The highest BCUT2D eigenvalue weighted by atomic mass is 35.5. The van der Waals surface area contributed by atoms with Crippen LogP contribution in [-0.2, 0) is 27.1 Å². The SMILES string of the molecule is Cc1nn(C)c2c1nc(CCCl)n2Cc1cnn(C)c1. The predicted octanol–water partition coefficient (Wildman–Crippen LogP) is 1.64. The first-order valence-electron chi connectivity index (χ1n) is 6.52. The molecule has 3 heterocycles. The molecule has 7 heteroatoms. The molecule has 0 unspecified atom stereocenters. The van der Waals surface area contributed by atoms with Crippen molar-refractivity contribution >= 4 is 22.8 Å². The van der Waals surface area contributed by atoms with Gasteiger partial charge in [0, 0.05) is 38.2 Å². The largest absolute Gasteiger partial charge is 0.308 e. The van der Waals surface area contributed by atoms with E-state index in [1.165, 1.54) is 0 Å². The van der Waals surface area contributed by atoms with Crippen LogP contribution in [-0.4, -0.2) is 35.0 Å². The van der Waals surface area contributed by atoms with Crippen molar-refractivity contribution in [3.8, 4) is 0 Å². The lowest BCUT2D eigenvalue weighted by atomic mass is 10.3. The average molecular weight is 293 g/mol. The highest BCUT2D eigenvalue weighted by Crippen LogP contribution is 2.21. The van der Waals surface area contributed by atoms with E-state index in [-0.39, 0.29) is 0 Å². The number of nitrogens with zero attached hydrogens (tertiary/aromatic N) is 6. The lowest BCUT2D eigenvalue weighted by molar-refractivity contribution is 0.691. The van der Waals surface area contributed by atoms with E-state index in [0.717, 1.165) is 41.2 Å². The van der Waals surface area contributed by atoms with Crippen molar-refractivity contribution in [1.29, 1.82) is 0 Å². The van der Waals surface area contributed by atoms with Crippen molar-refractivity contribution in [2.45, 2.75) is 19.9 Å². The van der Waals surface area contributed by atoms with Crippen LogP contribution in [0.5, 0.6) is 0 Å². The topological polar surface area (TPSA) is 53.5 Å². The summed E-state index contributed by atoms with van der Waals surface area (Å²) in [6, 6.07) is 0. The van der Waals surface area contributed by atoms with Gasteiger partial charge in [-0.05, 0) is 6.92 Å². The monoisotopic (exact) mass is 292 g/mol. The van der Waals surface area contributed by atoms with Crippen molar-refractivity contribution in [2.24, 2.45) is 14.1 Å². The van der Waals surface area contributed by atoms with Crippen LogP contribution < -0.4 is 0 Å². The molecule has 0 aliphatic rings. The van der Waals surface area contributed by atoms with Crippen LogP contribution in [0.25, 0.3) is 11.2 Å². The summed E-state index contributed by atoms with van der Waals surface area (Å²) in [5.41, 5.74) is 4.08. The fourth-order valence-corrected chi connectivity index (χ4v) is 2.73. The number of alkyl halides is 1. The minimum Gasteiger partial charge on any atom is -0.308 e. The summed E-state index contributed by atoms with van der Waals surface area (Å²) < 4.78 is 5.86. The van der Waals surface area contributed by atoms with Crippen LogP contribution >= 0.6 is 11.6 Å². The van der Waals surface area contributed by atoms with E-state index in [2.05, 4.69) is 14.8 Å². The number of aromatic nitrogens is 6. The molecule has 0 spiro atoms. The molecule has 0 aromatic carbocycles. The van der Waals surface area contributed by atoms with Crippen LogP contribution in [0.2, 0.25) is 0 Å². The summed E-state index contributed by atoms with van der Waals surface area (Å²) in [5, 5.41) is 8.65. The number of hydrogen-bond acceptors (Lipinski definition) is 3. The van der Waals surface area contributed by atoms with Gasteiger partial charge in [-0.15, -0.1) is 11.6 Å². The van der Waals surface area contributed by atoms with E-state index < -0.39 is 0 Å². The van der Waals surface area contributed by atoms with Gasteiger partial charge in [0.05, 0.1) is 18.4 Å². The zero-order valence-electron chi connectivity index (χ0n) is 11.8. The molecule has 0 bridgehead atoms. The summed E-state index contributed by atoms with van der Waals surface area (Å²) in [4.78, 5) is 4.69. The van der Waals surface area contributed by atoms with Gasteiger partial charge in [-0.3, -0.25) is 9.36 Å². The number of imidazole rings is 1. The van der Waals surface area contributed by atoms with E-state index >= 15 is 0 Å². The van der Waals surface area contributed by atoms with Gasteiger partial charge in [0.1, 0.15) is 11.3 Å².